The predicted molar refractivity (Wildman–Crippen MR) is 213 cm³/mol. The monoisotopic (exact) mass is 666 g/mol. The number of fused-ring (bicyclic) bond motifs is 7. The molecular formula is C48H34N4. The third-order valence-electron chi connectivity index (χ3n) is 10.4. The maximum atomic E-state index is 5.36. The highest BCUT2D eigenvalue weighted by atomic mass is 15.3. The van der Waals surface area contributed by atoms with Crippen LogP contribution in [0, 0.1) is 0 Å². The number of anilines is 5. The molecule has 3 heterocycles. The van der Waals surface area contributed by atoms with Crippen LogP contribution in [0.1, 0.15) is 28.7 Å². The largest absolute Gasteiger partial charge is 0.332 e. The number of hydrogen-bond donors (Lipinski definition) is 0. The fraction of sp³-hybridized carbons (Fsp3) is 0.0417. The molecule has 2 aliphatic heterocycles. The maximum Gasteiger partial charge on any atom is 0.235 e. The number of rotatable bonds is 5. The highest BCUT2D eigenvalue weighted by Crippen LogP contribution is 2.62. The number of hydrogen-bond acceptors (Lipinski definition) is 4. The molecule has 0 bridgehead atoms. The Morgan fingerprint density at radius 2 is 0.885 bits per heavy atom. The third kappa shape index (κ3) is 4.91. The van der Waals surface area contributed by atoms with Crippen molar-refractivity contribution in [2.45, 2.75) is 12.0 Å². The minimum Gasteiger partial charge on any atom is -0.332 e. The summed E-state index contributed by atoms with van der Waals surface area (Å²) in [6.45, 7) is 0. The van der Waals surface area contributed by atoms with Gasteiger partial charge >= 0.3 is 0 Å². The number of para-hydroxylation sites is 4. The molecule has 10 rings (SSSR count). The Morgan fingerprint density at radius 3 is 1.50 bits per heavy atom. The van der Waals surface area contributed by atoms with E-state index in [0.29, 0.717) is 5.95 Å². The summed E-state index contributed by atoms with van der Waals surface area (Å²) in [7, 11) is 0. The zero-order valence-electron chi connectivity index (χ0n) is 28.4. The molecule has 2 atom stereocenters. The van der Waals surface area contributed by atoms with Crippen molar-refractivity contribution in [3.05, 3.63) is 211 Å². The number of nitrogens with zero attached hydrogens (tertiary/aromatic N) is 4. The average Bonchev–Trinajstić information content (AvgIpc) is 3.51. The first-order chi connectivity index (χ1) is 25.8. The molecule has 4 heteroatoms. The molecule has 0 spiro atoms. The summed E-state index contributed by atoms with van der Waals surface area (Å²) in [6, 6.07) is 69.1. The molecule has 4 nitrogen and oxygen atoms in total. The third-order valence-corrected chi connectivity index (χ3v) is 10.4. The van der Waals surface area contributed by atoms with E-state index in [1.54, 1.807) is 0 Å². The van der Waals surface area contributed by atoms with Crippen molar-refractivity contribution >= 4 is 28.7 Å². The summed E-state index contributed by atoms with van der Waals surface area (Å²) in [5.41, 5.74) is 14.6. The van der Waals surface area contributed by atoms with Crippen molar-refractivity contribution in [1.29, 1.82) is 0 Å². The van der Waals surface area contributed by atoms with Crippen molar-refractivity contribution < 1.29 is 0 Å². The van der Waals surface area contributed by atoms with Crippen LogP contribution in [-0.2, 0) is 0 Å². The fourth-order valence-corrected chi connectivity index (χ4v) is 8.21. The van der Waals surface area contributed by atoms with Gasteiger partial charge in [0.25, 0.3) is 0 Å². The average molecular weight is 667 g/mol. The Balaban J connectivity index is 1.27. The van der Waals surface area contributed by atoms with Gasteiger partial charge in [0.05, 0.1) is 34.5 Å². The first-order valence-electron chi connectivity index (χ1n) is 17.8. The SMILES string of the molecule is c1ccc(-c2cc(-c3ccccc3)nc(N3c4ccccc4C4c5cccc(-c6ccccc6)c5N(c5ccccc5)C4c4ccccc43)n2)cc1. The number of benzene rings is 7. The van der Waals surface area contributed by atoms with E-state index in [9.17, 15) is 0 Å². The van der Waals surface area contributed by atoms with Crippen molar-refractivity contribution in [2.75, 3.05) is 9.80 Å². The van der Waals surface area contributed by atoms with Crippen LogP contribution in [0.25, 0.3) is 33.6 Å². The molecule has 0 fully saturated rings. The van der Waals surface area contributed by atoms with Crippen LogP contribution in [0.4, 0.5) is 28.7 Å². The molecule has 2 unspecified atom stereocenters. The van der Waals surface area contributed by atoms with Crippen molar-refractivity contribution in [2.24, 2.45) is 0 Å². The molecule has 0 radical (unpaired) electrons. The molecule has 52 heavy (non-hydrogen) atoms. The van der Waals surface area contributed by atoms with Crippen LogP contribution in [0.3, 0.4) is 0 Å². The Kier molecular flexibility index (Phi) is 7.24. The highest BCUT2D eigenvalue weighted by Gasteiger charge is 2.47. The van der Waals surface area contributed by atoms with Gasteiger partial charge in [0.2, 0.25) is 5.95 Å². The van der Waals surface area contributed by atoms with Gasteiger partial charge in [0, 0.05) is 33.9 Å². The normalized spacial score (nSPS) is 15.6. The lowest BCUT2D eigenvalue weighted by Gasteiger charge is -2.32. The second-order valence-corrected chi connectivity index (χ2v) is 13.4. The molecule has 0 amide bonds. The molecule has 0 N–H and O–H groups in total. The van der Waals surface area contributed by atoms with Gasteiger partial charge in [-0.1, -0.05) is 164 Å². The van der Waals surface area contributed by atoms with Crippen LogP contribution < -0.4 is 9.80 Å². The standard InChI is InChI=1S/C48H34N4/c1-5-18-33(19-6-1)37-28-17-29-40-45-38-26-13-15-30-43(38)52(44-31-16-14-27-39(44)47(45)51(46(37)40)36-24-11-4-12-25-36)48-49-41(34-20-7-2-8-21-34)32-42(50-48)35-22-9-3-10-23-35/h1-32,45,47H. The van der Waals surface area contributed by atoms with Crippen LogP contribution in [0.5, 0.6) is 0 Å². The maximum absolute atomic E-state index is 5.36. The lowest BCUT2D eigenvalue weighted by molar-refractivity contribution is 0.665. The lowest BCUT2D eigenvalue weighted by Crippen LogP contribution is -2.23. The molecule has 8 aromatic rings. The highest BCUT2D eigenvalue weighted by molar-refractivity contribution is 5.92. The van der Waals surface area contributed by atoms with Crippen molar-refractivity contribution in [1.82, 2.24) is 9.97 Å². The molecule has 0 aliphatic carbocycles. The lowest BCUT2D eigenvalue weighted by atomic mass is 9.84. The Hall–Kier alpha value is -6.78. The Labute approximate surface area is 304 Å². The minimum atomic E-state index is -0.0319. The molecule has 1 aromatic heterocycles. The summed E-state index contributed by atoms with van der Waals surface area (Å²) < 4.78 is 0. The van der Waals surface area contributed by atoms with E-state index >= 15 is 0 Å². The van der Waals surface area contributed by atoms with Gasteiger partial charge in [-0.2, -0.15) is 0 Å². The first kappa shape index (κ1) is 30.1. The zero-order chi connectivity index (χ0) is 34.4. The van der Waals surface area contributed by atoms with E-state index in [4.69, 9.17) is 9.97 Å². The molecule has 7 aromatic carbocycles. The van der Waals surface area contributed by atoms with Crippen molar-refractivity contribution in [3.8, 4) is 33.6 Å². The van der Waals surface area contributed by atoms with E-state index in [1.165, 1.54) is 33.5 Å². The second kappa shape index (κ2) is 12.5. The molecule has 0 saturated carbocycles. The Bertz CT molecular complexity index is 2480. The van der Waals surface area contributed by atoms with Gasteiger partial charge < -0.3 is 4.90 Å². The van der Waals surface area contributed by atoms with Crippen molar-refractivity contribution in [3.63, 3.8) is 0 Å². The van der Waals surface area contributed by atoms with Gasteiger partial charge in [0.15, 0.2) is 0 Å². The van der Waals surface area contributed by atoms with Crippen LogP contribution in [-0.4, -0.2) is 9.97 Å². The van der Waals surface area contributed by atoms with E-state index in [1.807, 2.05) is 12.1 Å². The summed E-state index contributed by atoms with van der Waals surface area (Å²) in [5.74, 6) is 0.678. The van der Waals surface area contributed by atoms with Gasteiger partial charge in [-0.05, 0) is 47.0 Å². The van der Waals surface area contributed by atoms with Crippen LogP contribution in [0.15, 0.2) is 194 Å². The fourth-order valence-electron chi connectivity index (χ4n) is 8.21. The van der Waals surface area contributed by atoms with Gasteiger partial charge in [-0.15, -0.1) is 0 Å². The topological polar surface area (TPSA) is 32.3 Å². The van der Waals surface area contributed by atoms with E-state index in [0.717, 1.165) is 39.6 Å². The summed E-state index contributed by atoms with van der Waals surface area (Å²) in [6.07, 6.45) is 0. The molecule has 2 aliphatic rings. The minimum absolute atomic E-state index is 0.0319. The summed E-state index contributed by atoms with van der Waals surface area (Å²) >= 11 is 0. The molecule has 246 valence electrons. The first-order valence-corrected chi connectivity index (χ1v) is 17.8. The van der Waals surface area contributed by atoms with Crippen LogP contribution >= 0.6 is 0 Å². The summed E-state index contributed by atoms with van der Waals surface area (Å²) in [5, 5.41) is 0. The Morgan fingerprint density at radius 1 is 0.404 bits per heavy atom. The molecule has 0 saturated heterocycles. The number of aromatic nitrogens is 2. The quantitative estimate of drug-likeness (QED) is 0.183. The van der Waals surface area contributed by atoms with E-state index in [-0.39, 0.29) is 12.0 Å². The smallest absolute Gasteiger partial charge is 0.235 e. The van der Waals surface area contributed by atoms with E-state index in [2.05, 4.69) is 192 Å². The zero-order valence-corrected chi connectivity index (χ0v) is 28.4. The van der Waals surface area contributed by atoms with Gasteiger partial charge in [0.1, 0.15) is 0 Å². The van der Waals surface area contributed by atoms with E-state index < -0.39 is 0 Å². The van der Waals surface area contributed by atoms with Gasteiger partial charge in [-0.3, -0.25) is 4.90 Å². The van der Waals surface area contributed by atoms with Gasteiger partial charge in [-0.25, -0.2) is 9.97 Å². The predicted octanol–water partition coefficient (Wildman–Crippen LogP) is 12.3. The van der Waals surface area contributed by atoms with Crippen LogP contribution in [0.2, 0.25) is 0 Å². The molecular weight excluding hydrogens is 633 g/mol. The second-order valence-electron chi connectivity index (χ2n) is 13.4. The summed E-state index contributed by atoms with van der Waals surface area (Å²) in [4.78, 5) is 15.6.